The number of nitro benzene ring substituents is 1. The molecular formula is C24H20N4O4S. The summed E-state index contributed by atoms with van der Waals surface area (Å²) in [6.45, 7) is 0.187. The molecule has 0 unspecified atom stereocenters. The summed E-state index contributed by atoms with van der Waals surface area (Å²) in [5.74, 6) is 1.06. The zero-order valence-electron chi connectivity index (χ0n) is 17.7. The number of anilines is 1. The van der Waals surface area contributed by atoms with E-state index < -0.39 is 4.92 Å². The fraction of sp³-hybridized carbons (Fsp3) is 0.0833. The summed E-state index contributed by atoms with van der Waals surface area (Å²) in [7, 11) is 1.58. The fourth-order valence-corrected chi connectivity index (χ4v) is 3.74. The van der Waals surface area contributed by atoms with Gasteiger partial charge >= 0.3 is 0 Å². The van der Waals surface area contributed by atoms with Crippen LogP contribution in [0.3, 0.4) is 0 Å². The summed E-state index contributed by atoms with van der Waals surface area (Å²) in [6.07, 6.45) is 1.68. The second-order valence-corrected chi connectivity index (χ2v) is 7.75. The number of benzene rings is 3. The third kappa shape index (κ3) is 5.72. The standard InChI is InChI=1S/C24H20N4O4S/c1-31-23-11-10-17(12-19(23)15-32-21-9-5-8-20(13-21)28(29)30)14-25-27-24-26-22(16-33-24)18-6-3-2-4-7-18/h2-14,16H,15H2,1H3,(H,26,27). The zero-order chi connectivity index (χ0) is 23.0. The Balaban J connectivity index is 1.42. The number of hydrogen-bond donors (Lipinski definition) is 1. The number of ether oxygens (including phenoxy) is 2. The van der Waals surface area contributed by atoms with Crippen molar-refractivity contribution in [2.75, 3.05) is 12.5 Å². The summed E-state index contributed by atoms with van der Waals surface area (Å²) < 4.78 is 11.2. The second kappa shape index (κ2) is 10.4. The SMILES string of the molecule is COc1ccc(C=NNc2nc(-c3ccccc3)cs2)cc1COc1cccc([N+](=O)[O-])c1. The molecule has 166 valence electrons. The minimum Gasteiger partial charge on any atom is -0.496 e. The molecule has 0 fully saturated rings. The van der Waals surface area contributed by atoms with Crippen LogP contribution in [0.1, 0.15) is 11.1 Å². The van der Waals surface area contributed by atoms with Crippen LogP contribution in [-0.2, 0) is 6.61 Å². The molecule has 3 aromatic carbocycles. The van der Waals surface area contributed by atoms with Crippen LogP contribution in [-0.4, -0.2) is 23.2 Å². The molecule has 4 rings (SSSR count). The van der Waals surface area contributed by atoms with Gasteiger partial charge in [-0.2, -0.15) is 5.10 Å². The molecule has 0 aliphatic heterocycles. The lowest BCUT2D eigenvalue weighted by molar-refractivity contribution is -0.384. The van der Waals surface area contributed by atoms with E-state index in [1.54, 1.807) is 25.5 Å². The topological polar surface area (TPSA) is 98.9 Å². The Morgan fingerprint density at radius 3 is 2.76 bits per heavy atom. The van der Waals surface area contributed by atoms with Crippen molar-refractivity contribution in [3.8, 4) is 22.8 Å². The third-order valence-electron chi connectivity index (χ3n) is 4.67. The molecule has 0 atom stereocenters. The number of aromatic nitrogens is 1. The molecule has 1 aromatic heterocycles. The highest BCUT2D eigenvalue weighted by Gasteiger charge is 2.09. The quantitative estimate of drug-likeness (QED) is 0.194. The predicted molar refractivity (Wildman–Crippen MR) is 129 cm³/mol. The molecule has 9 heteroatoms. The first-order valence-corrected chi connectivity index (χ1v) is 10.8. The Hall–Kier alpha value is -4.24. The van der Waals surface area contributed by atoms with Gasteiger partial charge in [-0.3, -0.25) is 15.5 Å². The molecule has 0 spiro atoms. The molecule has 0 radical (unpaired) electrons. The highest BCUT2D eigenvalue weighted by molar-refractivity contribution is 7.14. The van der Waals surface area contributed by atoms with Gasteiger partial charge in [0, 0.05) is 22.6 Å². The monoisotopic (exact) mass is 460 g/mol. The molecule has 4 aromatic rings. The summed E-state index contributed by atoms with van der Waals surface area (Å²) in [6, 6.07) is 21.6. The van der Waals surface area contributed by atoms with Gasteiger partial charge in [0.25, 0.3) is 5.69 Å². The highest BCUT2D eigenvalue weighted by atomic mass is 32.1. The number of non-ortho nitro benzene ring substituents is 1. The lowest BCUT2D eigenvalue weighted by Crippen LogP contribution is -2.01. The van der Waals surface area contributed by atoms with Crippen LogP contribution in [0, 0.1) is 10.1 Å². The number of hydrazone groups is 1. The number of hydrogen-bond acceptors (Lipinski definition) is 8. The normalized spacial score (nSPS) is 10.8. The van der Waals surface area contributed by atoms with E-state index in [0.717, 1.165) is 22.4 Å². The van der Waals surface area contributed by atoms with E-state index in [4.69, 9.17) is 9.47 Å². The summed E-state index contributed by atoms with van der Waals surface area (Å²) >= 11 is 1.47. The Labute approximate surface area is 194 Å². The van der Waals surface area contributed by atoms with E-state index in [2.05, 4.69) is 15.5 Å². The van der Waals surface area contributed by atoms with Crippen LogP contribution in [0.2, 0.25) is 0 Å². The Morgan fingerprint density at radius 1 is 1.12 bits per heavy atom. The van der Waals surface area contributed by atoms with Gasteiger partial charge in [0.2, 0.25) is 5.13 Å². The van der Waals surface area contributed by atoms with Crippen LogP contribution < -0.4 is 14.9 Å². The van der Waals surface area contributed by atoms with Crippen LogP contribution >= 0.6 is 11.3 Å². The average Bonchev–Trinajstić information content (AvgIpc) is 3.32. The number of nitrogens with zero attached hydrogens (tertiary/aromatic N) is 3. The number of thiazole rings is 1. The number of nitro groups is 1. The Bertz CT molecular complexity index is 1270. The van der Waals surface area contributed by atoms with E-state index >= 15 is 0 Å². The van der Waals surface area contributed by atoms with E-state index in [9.17, 15) is 10.1 Å². The van der Waals surface area contributed by atoms with Crippen molar-refractivity contribution in [1.29, 1.82) is 0 Å². The van der Waals surface area contributed by atoms with Crippen LogP contribution in [0.4, 0.5) is 10.8 Å². The Morgan fingerprint density at radius 2 is 1.97 bits per heavy atom. The van der Waals surface area contributed by atoms with Gasteiger partial charge in [0.1, 0.15) is 18.1 Å². The Kier molecular flexibility index (Phi) is 6.91. The lowest BCUT2D eigenvalue weighted by atomic mass is 10.1. The van der Waals surface area contributed by atoms with Gasteiger partial charge in [-0.1, -0.05) is 36.4 Å². The van der Waals surface area contributed by atoms with Gasteiger partial charge in [0.05, 0.1) is 30.0 Å². The maximum atomic E-state index is 11.0. The molecular weight excluding hydrogens is 440 g/mol. The van der Waals surface area contributed by atoms with Crippen molar-refractivity contribution in [3.63, 3.8) is 0 Å². The molecule has 8 nitrogen and oxygen atoms in total. The minimum atomic E-state index is -0.456. The summed E-state index contributed by atoms with van der Waals surface area (Å²) in [5, 5.41) is 17.9. The van der Waals surface area contributed by atoms with Crippen LogP contribution in [0.25, 0.3) is 11.3 Å². The lowest BCUT2D eigenvalue weighted by Gasteiger charge is -2.11. The molecule has 0 saturated carbocycles. The van der Waals surface area contributed by atoms with Crippen molar-refractivity contribution in [2.45, 2.75) is 6.61 Å². The number of rotatable bonds is 9. The predicted octanol–water partition coefficient (Wildman–Crippen LogP) is 5.75. The van der Waals surface area contributed by atoms with Gasteiger partial charge < -0.3 is 9.47 Å². The van der Waals surface area contributed by atoms with E-state index in [1.165, 1.54) is 23.5 Å². The zero-order valence-corrected chi connectivity index (χ0v) is 18.5. The van der Waals surface area contributed by atoms with Gasteiger partial charge in [-0.05, 0) is 29.8 Å². The summed E-state index contributed by atoms with van der Waals surface area (Å²) in [4.78, 5) is 15.0. The van der Waals surface area contributed by atoms with E-state index in [1.807, 2.05) is 53.9 Å². The highest BCUT2D eigenvalue weighted by Crippen LogP contribution is 2.26. The molecule has 0 saturated heterocycles. The number of methoxy groups -OCH3 is 1. The summed E-state index contributed by atoms with van der Waals surface area (Å²) in [5.41, 5.74) is 6.49. The molecule has 1 heterocycles. The van der Waals surface area contributed by atoms with E-state index in [0.29, 0.717) is 16.6 Å². The molecule has 0 bridgehead atoms. The van der Waals surface area contributed by atoms with Crippen molar-refractivity contribution in [1.82, 2.24) is 4.98 Å². The fourth-order valence-electron chi connectivity index (χ4n) is 3.07. The molecule has 0 aliphatic rings. The maximum Gasteiger partial charge on any atom is 0.273 e. The molecule has 0 amide bonds. The maximum absolute atomic E-state index is 11.0. The largest absolute Gasteiger partial charge is 0.496 e. The smallest absolute Gasteiger partial charge is 0.273 e. The van der Waals surface area contributed by atoms with Crippen molar-refractivity contribution in [3.05, 3.63) is 99.4 Å². The van der Waals surface area contributed by atoms with Gasteiger partial charge in [-0.25, -0.2) is 4.98 Å². The second-order valence-electron chi connectivity index (χ2n) is 6.89. The molecule has 33 heavy (non-hydrogen) atoms. The first-order chi connectivity index (χ1) is 16.1. The van der Waals surface area contributed by atoms with Crippen molar-refractivity contribution < 1.29 is 14.4 Å². The van der Waals surface area contributed by atoms with Crippen LogP contribution in [0.15, 0.2) is 83.3 Å². The van der Waals surface area contributed by atoms with Gasteiger partial charge in [-0.15, -0.1) is 11.3 Å². The first-order valence-electron chi connectivity index (χ1n) is 9.96. The average molecular weight is 461 g/mol. The first kappa shape index (κ1) is 22.0. The van der Waals surface area contributed by atoms with Crippen molar-refractivity contribution >= 4 is 28.4 Å². The van der Waals surface area contributed by atoms with E-state index in [-0.39, 0.29) is 12.3 Å². The van der Waals surface area contributed by atoms with Gasteiger partial charge in [0.15, 0.2) is 0 Å². The molecule has 1 N–H and O–H groups in total. The minimum absolute atomic E-state index is 0.0240. The molecule has 0 aliphatic carbocycles. The third-order valence-corrected chi connectivity index (χ3v) is 5.42. The van der Waals surface area contributed by atoms with Crippen molar-refractivity contribution in [2.24, 2.45) is 5.10 Å². The number of nitrogens with one attached hydrogen (secondary N) is 1. The van der Waals surface area contributed by atoms with Crippen LogP contribution in [0.5, 0.6) is 11.5 Å².